The van der Waals surface area contributed by atoms with Crippen LogP contribution >= 0.6 is 0 Å². The van der Waals surface area contributed by atoms with Crippen molar-refractivity contribution in [3.63, 3.8) is 0 Å². The average Bonchev–Trinajstić information content (AvgIpc) is 2.86. The quantitative estimate of drug-likeness (QED) is 0.414. The largest absolute Gasteiger partial charge is 0.497 e. The van der Waals surface area contributed by atoms with Gasteiger partial charge in [0, 0.05) is 17.8 Å². The zero-order valence-corrected chi connectivity index (χ0v) is 19.7. The number of nitrogens with one attached hydrogen (secondary N) is 1. The fourth-order valence-electron chi connectivity index (χ4n) is 3.16. The maximum Gasteiger partial charge on any atom is 0.264 e. The van der Waals surface area contributed by atoms with Crippen LogP contribution in [0.1, 0.15) is 0 Å². The van der Waals surface area contributed by atoms with Crippen LogP contribution in [-0.2, 0) is 14.8 Å². The van der Waals surface area contributed by atoms with E-state index in [4.69, 9.17) is 14.2 Å². The summed E-state index contributed by atoms with van der Waals surface area (Å²) < 4.78 is 44.2. The number of hydrogen-bond donors (Lipinski definition) is 1. The van der Waals surface area contributed by atoms with Gasteiger partial charge in [0.15, 0.2) is 0 Å². The van der Waals surface area contributed by atoms with Crippen LogP contribution in [0.25, 0.3) is 0 Å². The molecule has 0 aromatic heterocycles. The van der Waals surface area contributed by atoms with Gasteiger partial charge >= 0.3 is 0 Å². The Morgan fingerprint density at radius 1 is 0.971 bits per heavy atom. The van der Waals surface area contributed by atoms with E-state index in [0.29, 0.717) is 23.8 Å². The van der Waals surface area contributed by atoms with Gasteiger partial charge in [-0.05, 0) is 36.4 Å². The standard InChI is InChI=1S/C25H26N2O6S/c1-4-15-33-21-10-8-9-19(16-21)26-25(28)18-27(34(29,30)22-11-6-5-7-12-22)23-14-13-20(31-2)17-24(23)32-3/h4-14,16-17H,1,15,18H2,2-3H3,(H,26,28). The van der Waals surface area contributed by atoms with Crippen molar-refractivity contribution in [2.45, 2.75) is 4.90 Å². The van der Waals surface area contributed by atoms with E-state index in [-0.39, 0.29) is 16.3 Å². The fourth-order valence-corrected chi connectivity index (χ4v) is 4.61. The lowest BCUT2D eigenvalue weighted by atomic mass is 10.2. The number of hydrogen-bond acceptors (Lipinski definition) is 6. The molecule has 0 radical (unpaired) electrons. The maximum atomic E-state index is 13.5. The number of rotatable bonds is 11. The number of benzene rings is 3. The Kier molecular flexibility index (Phi) is 8.15. The maximum absolute atomic E-state index is 13.5. The van der Waals surface area contributed by atoms with Gasteiger partial charge in [0.1, 0.15) is 30.4 Å². The Bertz CT molecular complexity index is 1250. The van der Waals surface area contributed by atoms with Crippen molar-refractivity contribution in [2.24, 2.45) is 0 Å². The molecule has 0 atom stereocenters. The summed E-state index contributed by atoms with van der Waals surface area (Å²) in [6, 6.07) is 19.4. The molecule has 0 aliphatic heterocycles. The zero-order valence-electron chi connectivity index (χ0n) is 18.9. The van der Waals surface area contributed by atoms with Crippen molar-refractivity contribution >= 4 is 27.3 Å². The first-order valence-corrected chi connectivity index (χ1v) is 11.8. The van der Waals surface area contributed by atoms with E-state index in [1.54, 1.807) is 60.7 Å². The van der Waals surface area contributed by atoms with Crippen LogP contribution in [0.4, 0.5) is 11.4 Å². The minimum absolute atomic E-state index is 0.0421. The predicted octanol–water partition coefficient (Wildman–Crippen LogP) is 4.10. The second-order valence-electron chi connectivity index (χ2n) is 7.04. The molecule has 34 heavy (non-hydrogen) atoms. The minimum Gasteiger partial charge on any atom is -0.497 e. The summed E-state index contributed by atoms with van der Waals surface area (Å²) in [5.74, 6) is 0.728. The van der Waals surface area contributed by atoms with Gasteiger partial charge in [-0.25, -0.2) is 8.42 Å². The molecule has 1 amide bonds. The lowest BCUT2D eigenvalue weighted by Crippen LogP contribution is -2.38. The molecule has 0 saturated heterocycles. The number of sulfonamides is 1. The van der Waals surface area contributed by atoms with Crippen LogP contribution < -0.4 is 23.8 Å². The summed E-state index contributed by atoms with van der Waals surface area (Å²) in [5, 5.41) is 2.73. The van der Waals surface area contributed by atoms with E-state index in [9.17, 15) is 13.2 Å². The highest BCUT2D eigenvalue weighted by molar-refractivity contribution is 7.92. The van der Waals surface area contributed by atoms with E-state index in [1.165, 1.54) is 32.4 Å². The molecule has 178 valence electrons. The van der Waals surface area contributed by atoms with Gasteiger partial charge in [0.25, 0.3) is 10.0 Å². The highest BCUT2D eigenvalue weighted by atomic mass is 32.2. The van der Waals surface area contributed by atoms with Crippen LogP contribution in [0.15, 0.2) is 90.3 Å². The van der Waals surface area contributed by atoms with Crippen LogP contribution in [-0.4, -0.2) is 41.7 Å². The lowest BCUT2D eigenvalue weighted by molar-refractivity contribution is -0.114. The van der Waals surface area contributed by atoms with Crippen LogP contribution in [0, 0.1) is 0 Å². The normalized spacial score (nSPS) is 10.8. The van der Waals surface area contributed by atoms with Gasteiger partial charge in [0.2, 0.25) is 5.91 Å². The second-order valence-corrected chi connectivity index (χ2v) is 8.90. The van der Waals surface area contributed by atoms with Gasteiger partial charge in [-0.15, -0.1) is 0 Å². The van der Waals surface area contributed by atoms with E-state index >= 15 is 0 Å². The van der Waals surface area contributed by atoms with Crippen LogP contribution in [0.3, 0.4) is 0 Å². The topological polar surface area (TPSA) is 94.2 Å². The van der Waals surface area contributed by atoms with Gasteiger partial charge in [-0.3, -0.25) is 9.10 Å². The minimum atomic E-state index is -4.10. The number of nitrogens with zero attached hydrogens (tertiary/aromatic N) is 1. The summed E-state index contributed by atoms with van der Waals surface area (Å²) in [7, 11) is -1.19. The Hall–Kier alpha value is -3.98. The van der Waals surface area contributed by atoms with Gasteiger partial charge < -0.3 is 19.5 Å². The third-order valence-electron chi connectivity index (χ3n) is 4.76. The molecule has 3 aromatic carbocycles. The summed E-state index contributed by atoms with van der Waals surface area (Å²) >= 11 is 0. The third-order valence-corrected chi connectivity index (χ3v) is 6.53. The fraction of sp³-hybridized carbons (Fsp3) is 0.160. The van der Waals surface area contributed by atoms with Crippen molar-refractivity contribution in [1.29, 1.82) is 0 Å². The Balaban J connectivity index is 1.95. The Morgan fingerprint density at radius 2 is 1.74 bits per heavy atom. The lowest BCUT2D eigenvalue weighted by Gasteiger charge is -2.26. The highest BCUT2D eigenvalue weighted by Gasteiger charge is 2.29. The van der Waals surface area contributed by atoms with Gasteiger partial charge in [0.05, 0.1) is 24.8 Å². The molecule has 0 saturated carbocycles. The van der Waals surface area contributed by atoms with Crippen molar-refractivity contribution in [3.05, 3.63) is 85.5 Å². The number of carbonyl (C=O) groups excluding carboxylic acids is 1. The molecule has 9 heteroatoms. The van der Waals surface area contributed by atoms with Gasteiger partial charge in [-0.1, -0.05) is 36.9 Å². The molecule has 0 spiro atoms. The summed E-state index contributed by atoms with van der Waals surface area (Å²) in [5.41, 5.74) is 0.663. The predicted molar refractivity (Wildman–Crippen MR) is 131 cm³/mol. The third kappa shape index (κ3) is 5.87. The molecular formula is C25H26N2O6S. The molecule has 0 bridgehead atoms. The molecule has 8 nitrogen and oxygen atoms in total. The van der Waals surface area contributed by atoms with Crippen molar-refractivity contribution < 1.29 is 27.4 Å². The second kappa shape index (κ2) is 11.2. The van der Waals surface area contributed by atoms with Crippen LogP contribution in [0.5, 0.6) is 17.2 Å². The Labute approximate surface area is 199 Å². The summed E-state index contributed by atoms with van der Waals surface area (Å²) in [4.78, 5) is 13.0. The first-order valence-electron chi connectivity index (χ1n) is 10.3. The average molecular weight is 483 g/mol. The Morgan fingerprint density at radius 3 is 2.41 bits per heavy atom. The van der Waals surface area contributed by atoms with E-state index in [1.807, 2.05) is 0 Å². The molecule has 0 fully saturated rings. The van der Waals surface area contributed by atoms with E-state index in [0.717, 1.165) is 4.31 Å². The molecule has 3 rings (SSSR count). The van der Waals surface area contributed by atoms with E-state index < -0.39 is 22.5 Å². The zero-order chi connectivity index (χ0) is 24.6. The number of methoxy groups -OCH3 is 2. The number of ether oxygens (including phenoxy) is 3. The summed E-state index contributed by atoms with van der Waals surface area (Å²) in [6.45, 7) is 3.43. The van der Waals surface area contributed by atoms with E-state index in [2.05, 4.69) is 11.9 Å². The van der Waals surface area contributed by atoms with Crippen LogP contribution in [0.2, 0.25) is 0 Å². The molecule has 0 aliphatic rings. The molecule has 1 N–H and O–H groups in total. The molecular weight excluding hydrogens is 456 g/mol. The smallest absolute Gasteiger partial charge is 0.264 e. The van der Waals surface area contributed by atoms with Crippen molar-refractivity contribution in [2.75, 3.05) is 37.0 Å². The number of anilines is 2. The van der Waals surface area contributed by atoms with Crippen molar-refractivity contribution in [1.82, 2.24) is 0 Å². The first kappa shape index (κ1) is 24.7. The highest BCUT2D eigenvalue weighted by Crippen LogP contribution is 2.35. The SMILES string of the molecule is C=CCOc1cccc(NC(=O)CN(c2ccc(OC)cc2OC)S(=O)(=O)c2ccccc2)c1. The molecule has 0 heterocycles. The van der Waals surface area contributed by atoms with Crippen molar-refractivity contribution in [3.8, 4) is 17.2 Å². The molecule has 0 unspecified atom stereocenters. The molecule has 0 aliphatic carbocycles. The molecule has 3 aromatic rings. The monoisotopic (exact) mass is 482 g/mol. The number of carbonyl (C=O) groups is 1. The van der Waals surface area contributed by atoms with Gasteiger partial charge in [-0.2, -0.15) is 0 Å². The summed E-state index contributed by atoms with van der Waals surface area (Å²) in [6.07, 6.45) is 1.61. The first-order chi connectivity index (χ1) is 16.4. The number of amides is 1.